The number of amides is 1. The molecule has 0 radical (unpaired) electrons. The summed E-state index contributed by atoms with van der Waals surface area (Å²) in [5.41, 5.74) is 0.292. The van der Waals surface area contributed by atoms with Gasteiger partial charge in [0.2, 0.25) is 5.91 Å². The van der Waals surface area contributed by atoms with Crippen LogP contribution in [0.15, 0.2) is 0 Å². The summed E-state index contributed by atoms with van der Waals surface area (Å²) in [6, 6.07) is 0.579. The smallest absolute Gasteiger partial charge is 0.219 e. The van der Waals surface area contributed by atoms with Gasteiger partial charge in [-0.15, -0.1) is 0 Å². The molecule has 0 aromatic rings. The van der Waals surface area contributed by atoms with E-state index >= 15 is 0 Å². The summed E-state index contributed by atoms with van der Waals surface area (Å²) >= 11 is 0. The van der Waals surface area contributed by atoms with Gasteiger partial charge in [0.25, 0.3) is 0 Å². The minimum Gasteiger partial charge on any atom is -0.340 e. The summed E-state index contributed by atoms with van der Waals surface area (Å²) < 4.78 is 0. The van der Waals surface area contributed by atoms with Gasteiger partial charge in [0, 0.05) is 77.4 Å². The molecule has 0 aromatic heterocycles. The van der Waals surface area contributed by atoms with Gasteiger partial charge in [0.05, 0.1) is 0 Å². The van der Waals surface area contributed by atoms with Crippen molar-refractivity contribution in [3.63, 3.8) is 0 Å². The van der Waals surface area contributed by atoms with E-state index in [2.05, 4.69) is 42.4 Å². The Bertz CT molecular complexity index is 363. The molecule has 1 unspecified atom stereocenters. The summed E-state index contributed by atoms with van der Waals surface area (Å²) in [5, 5.41) is 0. The fourth-order valence-electron chi connectivity index (χ4n) is 3.57. The molecule has 2 heterocycles. The zero-order valence-corrected chi connectivity index (χ0v) is 15.1. The number of hydrogen-bond donors (Lipinski definition) is 0. The summed E-state index contributed by atoms with van der Waals surface area (Å²) in [5.74, 6) is 0.214. The predicted octanol–water partition coefficient (Wildman–Crippen LogP) is 0.955. The highest BCUT2D eigenvalue weighted by molar-refractivity contribution is 5.73. The number of hydrogen-bond acceptors (Lipinski definition) is 4. The van der Waals surface area contributed by atoms with Crippen LogP contribution in [0.3, 0.4) is 0 Å². The van der Waals surface area contributed by atoms with Gasteiger partial charge in [0.1, 0.15) is 0 Å². The molecule has 2 aliphatic heterocycles. The molecule has 0 N–H and O–H groups in total. The molecule has 1 atom stereocenters. The Kier molecular flexibility index (Phi) is 5.86. The van der Waals surface area contributed by atoms with Crippen molar-refractivity contribution in [3.8, 4) is 0 Å². The number of rotatable bonds is 3. The monoisotopic (exact) mass is 310 g/mol. The zero-order chi connectivity index (χ0) is 16.3. The van der Waals surface area contributed by atoms with E-state index in [0.29, 0.717) is 11.6 Å². The quantitative estimate of drug-likeness (QED) is 0.776. The van der Waals surface area contributed by atoms with Gasteiger partial charge in [-0.25, -0.2) is 0 Å². The van der Waals surface area contributed by atoms with Crippen molar-refractivity contribution in [1.82, 2.24) is 19.6 Å². The fraction of sp³-hybridized carbons (Fsp3) is 0.941. The summed E-state index contributed by atoms with van der Waals surface area (Å²) in [7, 11) is 0. The minimum atomic E-state index is 0.214. The van der Waals surface area contributed by atoms with Crippen molar-refractivity contribution in [1.29, 1.82) is 0 Å². The topological polar surface area (TPSA) is 30.0 Å². The van der Waals surface area contributed by atoms with Crippen molar-refractivity contribution >= 4 is 5.91 Å². The molecule has 0 saturated carbocycles. The molecular formula is C17H34N4O. The van der Waals surface area contributed by atoms with E-state index < -0.39 is 0 Å². The minimum absolute atomic E-state index is 0.214. The van der Waals surface area contributed by atoms with Gasteiger partial charge in [-0.3, -0.25) is 19.5 Å². The molecule has 5 heteroatoms. The lowest BCUT2D eigenvalue weighted by molar-refractivity contribution is -0.130. The largest absolute Gasteiger partial charge is 0.340 e. The third kappa shape index (κ3) is 4.67. The zero-order valence-electron chi connectivity index (χ0n) is 15.1. The van der Waals surface area contributed by atoms with Gasteiger partial charge in [-0.05, 0) is 27.7 Å². The first-order chi connectivity index (χ1) is 10.3. The molecule has 1 amide bonds. The fourth-order valence-corrected chi connectivity index (χ4v) is 3.57. The molecule has 2 fully saturated rings. The molecule has 22 heavy (non-hydrogen) atoms. The van der Waals surface area contributed by atoms with Crippen LogP contribution in [0.25, 0.3) is 0 Å². The lowest BCUT2D eigenvalue weighted by atomic mass is 10.0. The Morgan fingerprint density at radius 1 is 0.955 bits per heavy atom. The predicted molar refractivity (Wildman–Crippen MR) is 91.1 cm³/mol. The second kappa shape index (κ2) is 7.28. The highest BCUT2D eigenvalue weighted by atomic mass is 16.2. The van der Waals surface area contributed by atoms with Gasteiger partial charge in [0.15, 0.2) is 0 Å². The van der Waals surface area contributed by atoms with E-state index in [9.17, 15) is 4.79 Å². The average Bonchev–Trinajstić information content (AvgIpc) is 2.47. The Morgan fingerprint density at radius 2 is 1.50 bits per heavy atom. The molecule has 2 aliphatic rings. The Morgan fingerprint density at radius 3 is 1.95 bits per heavy atom. The van der Waals surface area contributed by atoms with Crippen LogP contribution in [0, 0.1) is 0 Å². The van der Waals surface area contributed by atoms with Crippen LogP contribution in [-0.2, 0) is 4.79 Å². The van der Waals surface area contributed by atoms with Crippen LogP contribution in [0.4, 0.5) is 0 Å². The first-order valence-electron chi connectivity index (χ1n) is 8.74. The second-order valence-corrected chi connectivity index (χ2v) is 7.85. The van der Waals surface area contributed by atoms with E-state index in [1.807, 2.05) is 4.90 Å². The van der Waals surface area contributed by atoms with Crippen LogP contribution >= 0.6 is 0 Å². The molecule has 0 spiro atoms. The summed E-state index contributed by atoms with van der Waals surface area (Å²) in [6.45, 7) is 20.6. The number of carbonyl (C=O) groups is 1. The first-order valence-corrected chi connectivity index (χ1v) is 8.74. The van der Waals surface area contributed by atoms with Crippen molar-refractivity contribution < 1.29 is 4.79 Å². The van der Waals surface area contributed by atoms with Crippen LogP contribution in [0.2, 0.25) is 0 Å². The first kappa shape index (κ1) is 17.7. The van der Waals surface area contributed by atoms with Crippen molar-refractivity contribution in [3.05, 3.63) is 0 Å². The maximum atomic E-state index is 11.4. The van der Waals surface area contributed by atoms with Crippen LogP contribution in [-0.4, -0.2) is 96.0 Å². The lowest BCUT2D eigenvalue weighted by Gasteiger charge is -2.44. The Hall–Kier alpha value is -0.650. The third-order valence-electron chi connectivity index (χ3n) is 5.23. The molecule has 128 valence electrons. The second-order valence-electron chi connectivity index (χ2n) is 7.85. The van der Waals surface area contributed by atoms with E-state index in [0.717, 1.165) is 32.7 Å². The van der Waals surface area contributed by atoms with E-state index in [1.54, 1.807) is 6.92 Å². The molecule has 0 aromatic carbocycles. The van der Waals surface area contributed by atoms with Crippen LogP contribution in [0.1, 0.15) is 34.6 Å². The van der Waals surface area contributed by atoms with Crippen molar-refractivity contribution in [2.75, 3.05) is 58.9 Å². The maximum Gasteiger partial charge on any atom is 0.219 e. The molecular weight excluding hydrogens is 276 g/mol. The molecule has 2 saturated heterocycles. The molecule has 0 aliphatic carbocycles. The lowest BCUT2D eigenvalue weighted by Crippen LogP contribution is -2.57. The Balaban J connectivity index is 1.72. The number of carbonyl (C=O) groups excluding carboxylic acids is 1. The van der Waals surface area contributed by atoms with Gasteiger partial charge >= 0.3 is 0 Å². The number of piperazine rings is 2. The van der Waals surface area contributed by atoms with Crippen molar-refractivity contribution in [2.45, 2.75) is 46.2 Å². The SMILES string of the molecule is CC(=O)N1CCN(C(C)CN2CCN(C(C)(C)C)CC2)CC1. The van der Waals surface area contributed by atoms with Gasteiger partial charge in [-0.2, -0.15) is 0 Å². The molecule has 0 bridgehead atoms. The average molecular weight is 310 g/mol. The highest BCUT2D eigenvalue weighted by Gasteiger charge is 2.28. The van der Waals surface area contributed by atoms with Crippen molar-refractivity contribution in [2.24, 2.45) is 0 Å². The molecule has 2 rings (SSSR count). The third-order valence-corrected chi connectivity index (χ3v) is 5.23. The normalized spacial score (nSPS) is 24.5. The van der Waals surface area contributed by atoms with Crippen LogP contribution in [0.5, 0.6) is 0 Å². The summed E-state index contributed by atoms with van der Waals surface area (Å²) in [6.07, 6.45) is 0. The maximum absolute atomic E-state index is 11.4. The van der Waals surface area contributed by atoms with E-state index in [-0.39, 0.29) is 5.91 Å². The highest BCUT2D eigenvalue weighted by Crippen LogP contribution is 2.16. The van der Waals surface area contributed by atoms with Gasteiger partial charge < -0.3 is 4.90 Å². The number of nitrogens with zero attached hydrogens (tertiary/aromatic N) is 4. The summed E-state index contributed by atoms with van der Waals surface area (Å²) in [4.78, 5) is 21.1. The van der Waals surface area contributed by atoms with Gasteiger partial charge in [-0.1, -0.05) is 0 Å². The van der Waals surface area contributed by atoms with Crippen LogP contribution < -0.4 is 0 Å². The molecule has 5 nitrogen and oxygen atoms in total. The van der Waals surface area contributed by atoms with E-state index in [1.165, 1.54) is 26.2 Å². The van der Waals surface area contributed by atoms with E-state index in [4.69, 9.17) is 0 Å². The Labute approximate surface area is 136 Å². The standard InChI is InChI=1S/C17H34N4O/c1-15(19-8-10-20(11-9-19)16(2)22)14-18-6-12-21(13-7-18)17(3,4)5/h15H,6-14H2,1-5H3.